The molecule has 102 valence electrons. The Hall–Kier alpha value is -0.760. The predicted octanol–water partition coefficient (Wildman–Crippen LogP) is 3.63. The lowest BCUT2D eigenvalue weighted by atomic mass is 10.00. The highest BCUT2D eigenvalue weighted by Gasteiger charge is 2.43. The van der Waals surface area contributed by atoms with E-state index in [1.165, 1.54) is 0 Å². The summed E-state index contributed by atoms with van der Waals surface area (Å²) in [5.41, 5.74) is 0. The molecule has 1 aromatic rings. The summed E-state index contributed by atoms with van der Waals surface area (Å²) in [4.78, 5) is 3.15. The molecule has 2 unspecified atom stereocenters. The topological polar surface area (TPSA) is 33.1 Å². The van der Waals surface area contributed by atoms with Crippen molar-refractivity contribution in [3.8, 4) is 0 Å². The van der Waals surface area contributed by atoms with Crippen molar-refractivity contribution in [3.05, 3.63) is 16.1 Å². The lowest BCUT2D eigenvalue weighted by molar-refractivity contribution is -0.137. The second kappa shape index (κ2) is 4.41. The summed E-state index contributed by atoms with van der Waals surface area (Å²) < 4.78 is 62.9. The van der Waals surface area contributed by atoms with Gasteiger partial charge in [0.05, 0.1) is 11.0 Å². The highest BCUT2D eigenvalue weighted by atomic mass is 32.1. The molecule has 0 aliphatic heterocycles. The molecule has 0 aromatic carbocycles. The van der Waals surface area contributed by atoms with Crippen LogP contribution >= 0.6 is 11.3 Å². The minimum absolute atomic E-state index is 0.00924. The Morgan fingerprint density at radius 2 is 2.11 bits per heavy atom. The summed E-state index contributed by atoms with van der Waals surface area (Å²) in [5, 5.41) is 8.73. The minimum Gasteiger partial charge on any atom is -0.387 e. The molecule has 0 radical (unpaired) electrons. The van der Waals surface area contributed by atoms with E-state index in [9.17, 15) is 27.1 Å². The predicted molar refractivity (Wildman–Crippen MR) is 54.4 cm³/mol. The van der Waals surface area contributed by atoms with Crippen LogP contribution in [-0.2, 0) is 6.18 Å². The summed E-state index contributed by atoms with van der Waals surface area (Å²) in [6.45, 7) is 0. The van der Waals surface area contributed by atoms with Crippen LogP contribution < -0.4 is 0 Å². The van der Waals surface area contributed by atoms with Crippen molar-refractivity contribution >= 4 is 11.3 Å². The summed E-state index contributed by atoms with van der Waals surface area (Å²) in [6.07, 6.45) is -5.68. The maximum atomic E-state index is 13.0. The number of hydrogen-bond acceptors (Lipinski definition) is 3. The molecule has 1 fully saturated rings. The van der Waals surface area contributed by atoms with Gasteiger partial charge in [0.15, 0.2) is 5.01 Å². The molecular weight excluding hydrogens is 277 g/mol. The van der Waals surface area contributed by atoms with Crippen LogP contribution in [0, 0.1) is 5.92 Å². The first kappa shape index (κ1) is 13.7. The van der Waals surface area contributed by atoms with E-state index in [1.807, 2.05) is 0 Å². The van der Waals surface area contributed by atoms with Gasteiger partial charge in [-0.25, -0.2) is 13.8 Å². The molecule has 0 amide bonds. The van der Waals surface area contributed by atoms with Crippen LogP contribution in [0.25, 0.3) is 0 Å². The number of aromatic nitrogens is 1. The molecule has 1 aliphatic rings. The van der Waals surface area contributed by atoms with E-state index in [2.05, 4.69) is 4.98 Å². The average molecular weight is 287 g/mol. The molecule has 2 atom stereocenters. The Morgan fingerprint density at radius 3 is 2.56 bits per heavy atom. The molecule has 0 bridgehead atoms. The van der Waals surface area contributed by atoms with Crippen molar-refractivity contribution in [2.24, 2.45) is 5.92 Å². The minimum atomic E-state index is -4.57. The van der Waals surface area contributed by atoms with Crippen molar-refractivity contribution in [1.29, 1.82) is 0 Å². The van der Waals surface area contributed by atoms with Gasteiger partial charge in [-0.2, -0.15) is 13.2 Å². The quantitative estimate of drug-likeness (QED) is 0.843. The zero-order valence-electron chi connectivity index (χ0n) is 9.05. The van der Waals surface area contributed by atoms with E-state index in [0.29, 0.717) is 11.3 Å². The standard InChI is InChI=1S/C10H10F5NOS/c11-9(12)2-1-5(3-9)7(17)6-4-16-8(18-6)10(13,14)15/h4-5,7,17H,1-3H2. The van der Waals surface area contributed by atoms with Gasteiger partial charge in [-0.3, -0.25) is 0 Å². The first-order valence-corrected chi connectivity index (χ1v) is 6.09. The third kappa shape index (κ3) is 2.80. The van der Waals surface area contributed by atoms with Crippen molar-refractivity contribution in [3.63, 3.8) is 0 Å². The highest BCUT2D eigenvalue weighted by Crippen LogP contribution is 2.46. The molecule has 0 saturated heterocycles. The van der Waals surface area contributed by atoms with Crippen LogP contribution in [0.4, 0.5) is 22.0 Å². The molecule has 18 heavy (non-hydrogen) atoms. The van der Waals surface area contributed by atoms with E-state index in [1.54, 1.807) is 0 Å². The van der Waals surface area contributed by atoms with Crippen LogP contribution in [0.15, 0.2) is 6.20 Å². The van der Waals surface area contributed by atoms with Gasteiger partial charge in [-0.1, -0.05) is 0 Å². The van der Waals surface area contributed by atoms with Crippen molar-refractivity contribution in [2.75, 3.05) is 0 Å². The molecule has 8 heteroatoms. The van der Waals surface area contributed by atoms with Gasteiger partial charge in [0.25, 0.3) is 0 Å². The maximum Gasteiger partial charge on any atom is 0.443 e. The molecule has 1 aromatic heterocycles. The molecule has 1 aliphatic carbocycles. The third-order valence-corrected chi connectivity index (χ3v) is 4.06. The lowest BCUT2D eigenvalue weighted by Gasteiger charge is -2.16. The van der Waals surface area contributed by atoms with Crippen LogP contribution in [0.2, 0.25) is 0 Å². The number of nitrogens with zero attached hydrogens (tertiary/aromatic N) is 1. The van der Waals surface area contributed by atoms with E-state index in [4.69, 9.17) is 0 Å². The monoisotopic (exact) mass is 287 g/mol. The second-order valence-corrected chi connectivity index (χ2v) is 5.43. The SMILES string of the molecule is OC(c1cnc(C(F)(F)F)s1)C1CCC(F)(F)C1. The zero-order chi connectivity index (χ0) is 13.6. The number of thiazole rings is 1. The molecular formula is C10H10F5NOS. The summed E-state index contributed by atoms with van der Waals surface area (Å²) in [5.74, 6) is -3.54. The van der Waals surface area contributed by atoms with E-state index in [-0.39, 0.29) is 17.7 Å². The first-order valence-electron chi connectivity index (χ1n) is 5.28. The van der Waals surface area contributed by atoms with Crippen molar-refractivity contribution < 1.29 is 27.1 Å². The Morgan fingerprint density at radius 1 is 1.44 bits per heavy atom. The number of hydrogen-bond donors (Lipinski definition) is 1. The van der Waals surface area contributed by atoms with E-state index >= 15 is 0 Å². The fourth-order valence-corrected chi connectivity index (χ4v) is 2.90. The molecule has 2 nitrogen and oxygen atoms in total. The van der Waals surface area contributed by atoms with Crippen LogP contribution in [0.3, 0.4) is 0 Å². The van der Waals surface area contributed by atoms with Crippen molar-refractivity contribution in [2.45, 2.75) is 37.5 Å². The molecule has 1 N–H and O–H groups in total. The molecule has 1 heterocycles. The average Bonchev–Trinajstić information content (AvgIpc) is 2.82. The fraction of sp³-hybridized carbons (Fsp3) is 0.700. The molecule has 2 rings (SSSR count). The summed E-state index contributed by atoms with van der Waals surface area (Å²) in [6, 6.07) is 0. The summed E-state index contributed by atoms with van der Waals surface area (Å²) >= 11 is 0.304. The van der Waals surface area contributed by atoms with E-state index in [0.717, 1.165) is 6.20 Å². The second-order valence-electron chi connectivity index (χ2n) is 4.37. The fourth-order valence-electron chi connectivity index (χ4n) is 2.04. The van der Waals surface area contributed by atoms with Crippen LogP contribution in [-0.4, -0.2) is 16.0 Å². The Kier molecular flexibility index (Phi) is 3.35. The number of rotatable bonds is 2. The smallest absolute Gasteiger partial charge is 0.387 e. The van der Waals surface area contributed by atoms with Crippen LogP contribution in [0.1, 0.15) is 35.3 Å². The van der Waals surface area contributed by atoms with Gasteiger partial charge in [0.1, 0.15) is 0 Å². The van der Waals surface area contributed by atoms with Gasteiger partial charge in [-0.15, -0.1) is 11.3 Å². The molecule has 1 saturated carbocycles. The number of aliphatic hydroxyl groups excluding tert-OH is 1. The Balaban J connectivity index is 2.10. The third-order valence-electron chi connectivity index (χ3n) is 2.95. The first-order chi connectivity index (χ1) is 8.19. The maximum absolute atomic E-state index is 13.0. The van der Waals surface area contributed by atoms with E-state index < -0.39 is 35.5 Å². The Labute approximate surface area is 103 Å². The van der Waals surface area contributed by atoms with Crippen molar-refractivity contribution in [1.82, 2.24) is 4.98 Å². The van der Waals surface area contributed by atoms with Gasteiger partial charge in [-0.05, 0) is 12.3 Å². The number of halogens is 5. The van der Waals surface area contributed by atoms with Gasteiger partial charge < -0.3 is 5.11 Å². The Bertz CT molecular complexity index is 430. The van der Waals surface area contributed by atoms with Gasteiger partial charge in [0, 0.05) is 19.0 Å². The zero-order valence-corrected chi connectivity index (χ0v) is 9.86. The summed E-state index contributed by atoms with van der Waals surface area (Å²) in [7, 11) is 0. The number of aliphatic hydroxyl groups is 1. The number of alkyl halides is 5. The van der Waals surface area contributed by atoms with Gasteiger partial charge >= 0.3 is 6.18 Å². The largest absolute Gasteiger partial charge is 0.443 e. The lowest BCUT2D eigenvalue weighted by Crippen LogP contribution is -2.13. The normalized spacial score (nSPS) is 25.3. The molecule has 0 spiro atoms. The van der Waals surface area contributed by atoms with Crippen LogP contribution in [0.5, 0.6) is 0 Å². The highest BCUT2D eigenvalue weighted by molar-refractivity contribution is 7.11. The van der Waals surface area contributed by atoms with Gasteiger partial charge in [0.2, 0.25) is 5.92 Å².